The van der Waals surface area contributed by atoms with Gasteiger partial charge in [0, 0.05) is 5.75 Å². The Morgan fingerprint density at radius 3 is 3.00 bits per heavy atom. The summed E-state index contributed by atoms with van der Waals surface area (Å²) in [7, 11) is 0. The van der Waals surface area contributed by atoms with Crippen LogP contribution in [0.25, 0.3) is 0 Å². The second kappa shape index (κ2) is 4.56. The Morgan fingerprint density at radius 1 is 1.65 bits per heavy atom. The van der Waals surface area contributed by atoms with Gasteiger partial charge >= 0.3 is 6.09 Å². The largest absolute Gasteiger partial charge is 0.443 e. The molecule has 0 bridgehead atoms. The van der Waals surface area contributed by atoms with E-state index >= 15 is 0 Å². The number of aromatic nitrogens is 3. The highest BCUT2D eigenvalue weighted by atomic mass is 32.2. The van der Waals surface area contributed by atoms with Gasteiger partial charge in [0.2, 0.25) is 0 Å². The molecule has 1 atom stereocenters. The van der Waals surface area contributed by atoms with Crippen molar-refractivity contribution in [1.29, 1.82) is 0 Å². The van der Waals surface area contributed by atoms with Crippen LogP contribution in [0.4, 0.5) is 4.79 Å². The van der Waals surface area contributed by atoms with E-state index in [2.05, 4.69) is 36.2 Å². The minimum absolute atomic E-state index is 0.0855. The van der Waals surface area contributed by atoms with E-state index < -0.39 is 0 Å². The predicted octanol–water partition coefficient (Wildman–Crippen LogP) is 1.23. The van der Waals surface area contributed by atoms with Gasteiger partial charge in [-0.3, -0.25) is 0 Å². The van der Waals surface area contributed by atoms with E-state index in [1.807, 2.05) is 4.68 Å². The van der Waals surface area contributed by atoms with Gasteiger partial charge in [0.15, 0.2) is 5.16 Å². The van der Waals surface area contributed by atoms with Crippen molar-refractivity contribution < 1.29 is 9.53 Å². The molecule has 2 heterocycles. The molecule has 17 heavy (non-hydrogen) atoms. The van der Waals surface area contributed by atoms with Crippen molar-refractivity contribution in [2.75, 3.05) is 12.3 Å². The number of carbonyl (C=O) groups is 1. The van der Waals surface area contributed by atoms with Crippen molar-refractivity contribution in [2.24, 2.45) is 0 Å². The molecule has 1 aromatic rings. The fourth-order valence-electron chi connectivity index (χ4n) is 1.48. The fraction of sp³-hybridized carbons (Fsp3) is 0.700. The summed E-state index contributed by atoms with van der Waals surface area (Å²) in [4.78, 5) is 15.1. The van der Waals surface area contributed by atoms with Crippen LogP contribution >= 0.6 is 11.8 Å². The summed E-state index contributed by atoms with van der Waals surface area (Å²) < 4.78 is 6.93. The normalized spacial score (nSPS) is 20.2. The van der Waals surface area contributed by atoms with Crippen molar-refractivity contribution in [3.8, 4) is 0 Å². The van der Waals surface area contributed by atoms with Crippen LogP contribution in [0.5, 0.6) is 0 Å². The molecule has 0 saturated carbocycles. The molecular weight excluding hydrogens is 240 g/mol. The zero-order valence-electron chi connectivity index (χ0n) is 10.1. The Hall–Kier alpha value is -1.24. The maximum atomic E-state index is 10.9. The van der Waals surface area contributed by atoms with Gasteiger partial charge < -0.3 is 10.1 Å². The summed E-state index contributed by atoms with van der Waals surface area (Å²) in [5, 5.41) is 7.68. The van der Waals surface area contributed by atoms with Gasteiger partial charge in [-0.25, -0.2) is 14.5 Å². The van der Waals surface area contributed by atoms with E-state index in [0.717, 1.165) is 5.16 Å². The molecule has 2 rings (SSSR count). The zero-order chi connectivity index (χ0) is 12.5. The average molecular weight is 256 g/mol. The fourth-order valence-corrected chi connectivity index (χ4v) is 2.57. The van der Waals surface area contributed by atoms with Gasteiger partial charge in [-0.2, -0.15) is 5.10 Å². The van der Waals surface area contributed by atoms with Crippen molar-refractivity contribution in [3.63, 3.8) is 0 Å². The number of carbonyl (C=O) groups excluding carboxylic acids is 1. The van der Waals surface area contributed by atoms with Crippen LogP contribution in [0, 0.1) is 0 Å². The maximum absolute atomic E-state index is 10.9. The third kappa shape index (κ3) is 2.91. The van der Waals surface area contributed by atoms with E-state index in [4.69, 9.17) is 4.74 Å². The molecule has 6 nitrogen and oxygen atoms in total. The highest BCUT2D eigenvalue weighted by molar-refractivity contribution is 7.99. The lowest BCUT2D eigenvalue weighted by molar-refractivity contribution is 0.150. The van der Waals surface area contributed by atoms with Crippen molar-refractivity contribution in [3.05, 3.63) is 6.33 Å². The Morgan fingerprint density at radius 2 is 2.41 bits per heavy atom. The van der Waals surface area contributed by atoms with Crippen LogP contribution < -0.4 is 5.32 Å². The molecule has 1 amide bonds. The van der Waals surface area contributed by atoms with Gasteiger partial charge in [0.05, 0.1) is 12.1 Å². The number of amides is 1. The number of cyclic esters (lactones) is 1. The summed E-state index contributed by atoms with van der Waals surface area (Å²) in [6, 6.07) is 0. The number of rotatable bonds is 3. The van der Waals surface area contributed by atoms with Crippen LogP contribution in [0.15, 0.2) is 11.5 Å². The average Bonchev–Trinajstić information content (AvgIpc) is 2.81. The van der Waals surface area contributed by atoms with Crippen LogP contribution in [0.2, 0.25) is 0 Å². The maximum Gasteiger partial charge on any atom is 0.407 e. The first-order chi connectivity index (χ1) is 7.97. The summed E-state index contributed by atoms with van der Waals surface area (Å²) in [6.45, 7) is 6.78. The van der Waals surface area contributed by atoms with Gasteiger partial charge in [0.25, 0.3) is 0 Å². The molecule has 1 N–H and O–H groups in total. The molecule has 0 aliphatic carbocycles. The molecular formula is C10H16N4O2S. The van der Waals surface area contributed by atoms with Crippen LogP contribution in [-0.4, -0.2) is 39.3 Å². The molecule has 7 heteroatoms. The predicted molar refractivity (Wildman–Crippen MR) is 64.0 cm³/mol. The number of thioether (sulfide) groups is 1. The van der Waals surface area contributed by atoms with Crippen molar-refractivity contribution in [2.45, 2.75) is 37.6 Å². The number of ether oxygens (including phenoxy) is 1. The minimum Gasteiger partial charge on any atom is -0.443 e. The van der Waals surface area contributed by atoms with Crippen LogP contribution in [-0.2, 0) is 10.3 Å². The third-order valence-electron chi connectivity index (χ3n) is 2.30. The Kier molecular flexibility index (Phi) is 3.28. The molecule has 0 spiro atoms. The highest BCUT2D eigenvalue weighted by Gasteiger charge is 2.24. The second-order valence-electron chi connectivity index (χ2n) is 4.84. The van der Waals surface area contributed by atoms with E-state index in [-0.39, 0.29) is 17.7 Å². The topological polar surface area (TPSA) is 69.0 Å². The summed E-state index contributed by atoms with van der Waals surface area (Å²) in [6.07, 6.45) is 1.12. The quantitative estimate of drug-likeness (QED) is 0.824. The first kappa shape index (κ1) is 12.2. The third-order valence-corrected chi connectivity index (χ3v) is 3.37. The van der Waals surface area contributed by atoms with Crippen molar-refractivity contribution >= 4 is 17.9 Å². The van der Waals surface area contributed by atoms with E-state index in [0.29, 0.717) is 12.3 Å². The molecule has 1 aromatic heterocycles. The molecule has 1 saturated heterocycles. The monoisotopic (exact) mass is 256 g/mol. The first-order valence-electron chi connectivity index (χ1n) is 5.44. The van der Waals surface area contributed by atoms with Gasteiger partial charge in [0.1, 0.15) is 12.4 Å². The molecule has 1 aliphatic heterocycles. The molecule has 1 fully saturated rings. The number of hydrogen-bond acceptors (Lipinski definition) is 5. The molecule has 1 aliphatic rings. The standard InChI is InChI=1S/C10H16N4O2S/c1-10(2,3)14-8(12-6-13-14)17-5-7-4-11-9(15)16-7/h6-7H,4-5H2,1-3H3,(H,11,15). The Labute approximate surface area is 104 Å². The van der Waals surface area contributed by atoms with E-state index in [9.17, 15) is 4.79 Å². The lowest BCUT2D eigenvalue weighted by atomic mass is 10.1. The highest BCUT2D eigenvalue weighted by Crippen LogP contribution is 2.23. The minimum atomic E-state index is -0.340. The Balaban J connectivity index is 1.95. The number of alkyl carbamates (subject to hydrolysis) is 1. The van der Waals surface area contributed by atoms with Gasteiger partial charge in [-0.15, -0.1) is 0 Å². The van der Waals surface area contributed by atoms with E-state index in [1.165, 1.54) is 0 Å². The van der Waals surface area contributed by atoms with Gasteiger partial charge in [-0.05, 0) is 20.8 Å². The van der Waals surface area contributed by atoms with E-state index in [1.54, 1.807) is 18.1 Å². The van der Waals surface area contributed by atoms with Crippen LogP contribution in [0.3, 0.4) is 0 Å². The Bertz CT molecular complexity index is 413. The molecule has 0 radical (unpaired) electrons. The number of nitrogens with zero attached hydrogens (tertiary/aromatic N) is 3. The SMILES string of the molecule is CC(C)(C)n1ncnc1SCC1CNC(=O)O1. The molecule has 0 aromatic carbocycles. The smallest absolute Gasteiger partial charge is 0.407 e. The number of hydrogen-bond donors (Lipinski definition) is 1. The lowest BCUT2D eigenvalue weighted by Gasteiger charge is -2.20. The number of nitrogens with one attached hydrogen (secondary N) is 1. The summed E-state index contributed by atoms with van der Waals surface area (Å²) in [5.41, 5.74) is -0.0938. The first-order valence-corrected chi connectivity index (χ1v) is 6.43. The summed E-state index contributed by atoms with van der Waals surface area (Å²) >= 11 is 1.55. The second-order valence-corrected chi connectivity index (χ2v) is 5.83. The van der Waals surface area contributed by atoms with Gasteiger partial charge in [-0.1, -0.05) is 11.8 Å². The van der Waals surface area contributed by atoms with Crippen molar-refractivity contribution in [1.82, 2.24) is 20.1 Å². The molecule has 94 valence electrons. The molecule has 1 unspecified atom stereocenters. The summed E-state index contributed by atoms with van der Waals surface area (Å²) in [5.74, 6) is 0.688. The van der Waals surface area contributed by atoms with Crippen LogP contribution in [0.1, 0.15) is 20.8 Å². The zero-order valence-corrected chi connectivity index (χ0v) is 11.0. The lowest BCUT2D eigenvalue weighted by Crippen LogP contribution is -2.24.